The van der Waals surface area contributed by atoms with Crippen molar-refractivity contribution in [2.75, 3.05) is 0 Å². The Kier molecular flexibility index (Phi) is 5.03. The highest BCUT2D eigenvalue weighted by atomic mass is 79.9. The Bertz CT molecular complexity index is 751. The standard InChI is InChI=1S/C22H28Br2O3/c1-12(25)27-19-5-4-16-14-11-15(20(23)24)18-10-13(26)6-8-21(18,2)17(14)7-9-22(16,19)3/h10,14,16-17,19H,4-9,11H2,1-3H3/t14-,16-,17-,19-,21+,22-/m0/s1. The molecular weight excluding hydrogens is 472 g/mol. The van der Waals surface area contributed by atoms with E-state index in [0.717, 1.165) is 41.9 Å². The molecule has 3 fully saturated rings. The fraction of sp³-hybridized carbons (Fsp3) is 0.727. The predicted molar refractivity (Wildman–Crippen MR) is 113 cm³/mol. The van der Waals surface area contributed by atoms with E-state index >= 15 is 0 Å². The van der Waals surface area contributed by atoms with Gasteiger partial charge in [-0.15, -0.1) is 0 Å². The van der Waals surface area contributed by atoms with Gasteiger partial charge in [-0.2, -0.15) is 0 Å². The lowest BCUT2D eigenvalue weighted by Gasteiger charge is -2.58. The smallest absolute Gasteiger partial charge is 0.302 e. The summed E-state index contributed by atoms with van der Waals surface area (Å²) in [7, 11) is 0. The van der Waals surface area contributed by atoms with Gasteiger partial charge in [-0.3, -0.25) is 9.59 Å². The van der Waals surface area contributed by atoms with E-state index in [-0.39, 0.29) is 28.7 Å². The summed E-state index contributed by atoms with van der Waals surface area (Å²) in [6.45, 7) is 6.26. The molecule has 0 heterocycles. The summed E-state index contributed by atoms with van der Waals surface area (Å²) in [5, 5.41) is 0. The fourth-order valence-electron chi connectivity index (χ4n) is 6.97. The van der Waals surface area contributed by atoms with Crippen LogP contribution in [-0.2, 0) is 14.3 Å². The quantitative estimate of drug-likeness (QED) is 0.411. The zero-order valence-electron chi connectivity index (χ0n) is 16.3. The van der Waals surface area contributed by atoms with Gasteiger partial charge >= 0.3 is 5.97 Å². The van der Waals surface area contributed by atoms with Gasteiger partial charge in [0.25, 0.3) is 0 Å². The number of ketones is 1. The first kappa shape index (κ1) is 19.9. The number of carbonyl (C=O) groups excluding carboxylic acids is 2. The van der Waals surface area contributed by atoms with E-state index in [4.69, 9.17) is 4.74 Å². The molecule has 0 unspecified atom stereocenters. The summed E-state index contributed by atoms with van der Waals surface area (Å²) < 4.78 is 6.75. The molecule has 0 aromatic heterocycles. The molecule has 0 N–H and O–H groups in total. The molecule has 0 aliphatic heterocycles. The monoisotopic (exact) mass is 498 g/mol. The largest absolute Gasteiger partial charge is 0.462 e. The molecule has 0 aromatic carbocycles. The third-order valence-electron chi connectivity index (χ3n) is 8.28. The van der Waals surface area contributed by atoms with Crippen molar-refractivity contribution in [1.29, 1.82) is 0 Å². The van der Waals surface area contributed by atoms with Crippen molar-refractivity contribution in [3.8, 4) is 0 Å². The normalized spacial score (nSPS) is 43.4. The van der Waals surface area contributed by atoms with Crippen LogP contribution in [0.3, 0.4) is 0 Å². The molecule has 0 amide bonds. The Balaban J connectivity index is 1.74. The number of allylic oxidation sites excluding steroid dienone is 2. The van der Waals surface area contributed by atoms with Crippen LogP contribution in [0.1, 0.15) is 65.7 Å². The summed E-state index contributed by atoms with van der Waals surface area (Å²) in [5.74, 6) is 1.87. The summed E-state index contributed by atoms with van der Waals surface area (Å²) in [6.07, 6.45) is 8.97. The maximum absolute atomic E-state index is 12.2. The molecule has 5 heteroatoms. The molecular formula is C22H28Br2O3. The second-order valence-electron chi connectivity index (χ2n) is 9.48. The van der Waals surface area contributed by atoms with Crippen molar-refractivity contribution in [3.05, 3.63) is 20.6 Å². The number of carbonyl (C=O) groups is 2. The van der Waals surface area contributed by atoms with Crippen LogP contribution in [0.5, 0.6) is 0 Å². The maximum Gasteiger partial charge on any atom is 0.302 e. The summed E-state index contributed by atoms with van der Waals surface area (Å²) in [5.41, 5.74) is 2.67. The van der Waals surface area contributed by atoms with Crippen LogP contribution in [-0.4, -0.2) is 17.9 Å². The number of ether oxygens (including phenoxy) is 1. The Morgan fingerprint density at radius 1 is 1.15 bits per heavy atom. The first-order chi connectivity index (χ1) is 12.7. The second kappa shape index (κ2) is 6.83. The van der Waals surface area contributed by atoms with E-state index < -0.39 is 0 Å². The minimum Gasteiger partial charge on any atom is -0.462 e. The average Bonchev–Trinajstić information content (AvgIpc) is 2.91. The van der Waals surface area contributed by atoms with Gasteiger partial charge in [-0.25, -0.2) is 0 Å². The topological polar surface area (TPSA) is 43.4 Å². The van der Waals surface area contributed by atoms with Gasteiger partial charge in [0.05, 0.1) is 3.39 Å². The van der Waals surface area contributed by atoms with Crippen LogP contribution in [0.15, 0.2) is 20.6 Å². The molecule has 3 nitrogen and oxygen atoms in total. The van der Waals surface area contributed by atoms with Crippen LogP contribution < -0.4 is 0 Å². The van der Waals surface area contributed by atoms with E-state index in [2.05, 4.69) is 45.7 Å². The predicted octanol–water partition coefficient (Wildman–Crippen LogP) is 6.06. The number of fused-ring (bicyclic) bond motifs is 5. The summed E-state index contributed by atoms with van der Waals surface area (Å²) in [4.78, 5) is 23.8. The van der Waals surface area contributed by atoms with Gasteiger partial charge in [0.15, 0.2) is 5.78 Å². The highest BCUT2D eigenvalue weighted by Crippen LogP contribution is 2.67. The Morgan fingerprint density at radius 3 is 2.56 bits per heavy atom. The van der Waals surface area contributed by atoms with Gasteiger partial charge < -0.3 is 4.74 Å². The van der Waals surface area contributed by atoms with Crippen LogP contribution in [0.4, 0.5) is 0 Å². The number of hydrogen-bond donors (Lipinski definition) is 0. The van der Waals surface area contributed by atoms with Crippen LogP contribution in [0, 0.1) is 28.6 Å². The van der Waals surface area contributed by atoms with E-state index in [1.54, 1.807) is 0 Å². The molecule has 27 heavy (non-hydrogen) atoms. The first-order valence-corrected chi connectivity index (χ1v) is 11.7. The molecule has 4 aliphatic rings. The molecule has 0 aromatic rings. The second-order valence-corrected chi connectivity index (χ2v) is 12.1. The molecule has 3 saturated carbocycles. The zero-order valence-corrected chi connectivity index (χ0v) is 19.5. The van der Waals surface area contributed by atoms with Crippen LogP contribution in [0.2, 0.25) is 0 Å². The van der Waals surface area contributed by atoms with Crippen molar-refractivity contribution in [3.63, 3.8) is 0 Å². The Hall–Kier alpha value is -0.420. The van der Waals surface area contributed by atoms with Crippen molar-refractivity contribution in [2.24, 2.45) is 28.6 Å². The molecule has 4 aliphatic carbocycles. The highest BCUT2D eigenvalue weighted by Gasteiger charge is 2.60. The fourth-order valence-corrected chi connectivity index (χ4v) is 7.72. The van der Waals surface area contributed by atoms with E-state index in [1.807, 2.05) is 6.08 Å². The van der Waals surface area contributed by atoms with Gasteiger partial charge in [-0.1, -0.05) is 13.8 Å². The molecule has 0 radical (unpaired) electrons. The summed E-state index contributed by atoms with van der Waals surface area (Å²) >= 11 is 7.33. The molecule has 0 bridgehead atoms. The summed E-state index contributed by atoms with van der Waals surface area (Å²) in [6, 6.07) is 0. The van der Waals surface area contributed by atoms with E-state index in [1.165, 1.54) is 18.1 Å². The molecule has 0 saturated heterocycles. The Morgan fingerprint density at radius 2 is 1.89 bits per heavy atom. The lowest BCUT2D eigenvalue weighted by Crippen LogP contribution is -2.52. The lowest BCUT2D eigenvalue weighted by molar-refractivity contribution is -0.156. The third-order valence-corrected chi connectivity index (χ3v) is 9.24. The molecule has 4 rings (SSSR count). The van der Waals surface area contributed by atoms with E-state index in [9.17, 15) is 9.59 Å². The highest BCUT2D eigenvalue weighted by molar-refractivity contribution is 9.28. The van der Waals surface area contributed by atoms with Gasteiger partial charge in [-0.05, 0) is 111 Å². The Labute approximate surface area is 178 Å². The van der Waals surface area contributed by atoms with Crippen LogP contribution >= 0.6 is 31.9 Å². The number of halogens is 2. The number of rotatable bonds is 1. The SMILES string of the molecule is CC(=O)O[C@H]1CC[C@H]2[C@@H]3CC(=C(Br)Br)C4=CC(=O)CC[C@]4(C)[C@H]3CC[C@]12C. The first-order valence-electron chi connectivity index (χ1n) is 10.1. The molecule has 6 atom stereocenters. The van der Waals surface area contributed by atoms with Crippen LogP contribution in [0.25, 0.3) is 0 Å². The van der Waals surface area contributed by atoms with Gasteiger partial charge in [0.2, 0.25) is 0 Å². The van der Waals surface area contributed by atoms with Crippen molar-refractivity contribution in [1.82, 2.24) is 0 Å². The van der Waals surface area contributed by atoms with Crippen molar-refractivity contribution >= 4 is 43.6 Å². The van der Waals surface area contributed by atoms with Gasteiger partial charge in [0.1, 0.15) is 6.10 Å². The number of esters is 1. The third kappa shape index (κ3) is 3.02. The zero-order chi connectivity index (χ0) is 19.6. The van der Waals surface area contributed by atoms with Gasteiger partial charge in [0, 0.05) is 18.8 Å². The molecule has 148 valence electrons. The lowest BCUT2D eigenvalue weighted by atomic mass is 9.46. The minimum absolute atomic E-state index is 0.0541. The average molecular weight is 500 g/mol. The number of hydrogen-bond acceptors (Lipinski definition) is 3. The molecule has 0 spiro atoms. The van der Waals surface area contributed by atoms with Crippen molar-refractivity contribution in [2.45, 2.75) is 71.8 Å². The minimum atomic E-state index is -0.153. The maximum atomic E-state index is 12.2. The van der Waals surface area contributed by atoms with Crippen molar-refractivity contribution < 1.29 is 14.3 Å². The van der Waals surface area contributed by atoms with E-state index in [0.29, 0.717) is 24.2 Å².